The van der Waals surface area contributed by atoms with Crippen molar-refractivity contribution in [1.82, 2.24) is 0 Å². The van der Waals surface area contributed by atoms with E-state index in [1.54, 1.807) is 12.1 Å². The van der Waals surface area contributed by atoms with E-state index in [2.05, 4.69) is 19.1 Å². The topological polar surface area (TPSA) is 40.5 Å². The van der Waals surface area contributed by atoms with Gasteiger partial charge in [0.2, 0.25) is 0 Å². The van der Waals surface area contributed by atoms with Gasteiger partial charge in [0, 0.05) is 6.07 Å². The molecule has 0 saturated carbocycles. The largest absolute Gasteiger partial charge is 0.508 e. The van der Waals surface area contributed by atoms with Crippen molar-refractivity contribution in [2.24, 2.45) is 0 Å². The lowest BCUT2D eigenvalue weighted by Crippen LogP contribution is -1.86. The summed E-state index contributed by atoms with van der Waals surface area (Å²) in [4.78, 5) is 0. The van der Waals surface area contributed by atoms with E-state index in [1.165, 1.54) is 70.3 Å². The average Bonchev–Trinajstić information content (AvgIpc) is 2.51. The van der Waals surface area contributed by atoms with Crippen molar-refractivity contribution in [3.05, 3.63) is 35.9 Å². The van der Waals surface area contributed by atoms with Gasteiger partial charge in [0.15, 0.2) is 0 Å². The van der Waals surface area contributed by atoms with E-state index in [0.29, 0.717) is 0 Å². The van der Waals surface area contributed by atoms with Gasteiger partial charge >= 0.3 is 0 Å². The number of phenolic OH excluding ortho intramolecular Hbond substituents is 2. The molecule has 2 heteroatoms. The van der Waals surface area contributed by atoms with E-state index >= 15 is 0 Å². The molecule has 130 valence electrons. The third-order valence-corrected chi connectivity index (χ3v) is 4.19. The molecule has 23 heavy (non-hydrogen) atoms. The molecule has 0 aliphatic heterocycles. The standard InChI is InChI=1S/C21H34O2/c1-2-3-4-5-6-7-8-9-10-11-12-13-14-15-19-16-20(22)18-21(23)17-19/h9-10,16-18,22-23H,2-8,11-15H2,1H3. The van der Waals surface area contributed by atoms with E-state index in [0.717, 1.165) is 18.4 Å². The second-order valence-electron chi connectivity index (χ2n) is 6.48. The fourth-order valence-electron chi connectivity index (χ4n) is 2.85. The number of rotatable bonds is 13. The summed E-state index contributed by atoms with van der Waals surface area (Å²) >= 11 is 0. The first kappa shape index (κ1) is 19.6. The van der Waals surface area contributed by atoms with Gasteiger partial charge in [-0.25, -0.2) is 0 Å². The first-order valence-electron chi connectivity index (χ1n) is 9.39. The molecule has 0 amide bonds. The van der Waals surface area contributed by atoms with Crippen molar-refractivity contribution in [3.63, 3.8) is 0 Å². The van der Waals surface area contributed by atoms with Crippen LogP contribution >= 0.6 is 0 Å². The maximum absolute atomic E-state index is 9.43. The van der Waals surface area contributed by atoms with Crippen LogP contribution in [0.15, 0.2) is 30.4 Å². The van der Waals surface area contributed by atoms with Crippen LogP contribution in [0.1, 0.15) is 83.1 Å². The summed E-state index contributed by atoms with van der Waals surface area (Å²) in [5.41, 5.74) is 1.01. The normalized spacial score (nSPS) is 11.3. The van der Waals surface area contributed by atoms with Crippen LogP contribution in [0.2, 0.25) is 0 Å². The minimum absolute atomic E-state index is 0.151. The van der Waals surface area contributed by atoms with Gasteiger partial charge in [-0.1, -0.05) is 57.6 Å². The van der Waals surface area contributed by atoms with Crippen LogP contribution in [-0.2, 0) is 6.42 Å². The smallest absolute Gasteiger partial charge is 0.119 e. The zero-order valence-electron chi connectivity index (χ0n) is 14.8. The number of aromatic hydroxyl groups is 2. The van der Waals surface area contributed by atoms with Gasteiger partial charge in [0.05, 0.1) is 0 Å². The minimum atomic E-state index is 0.151. The SMILES string of the molecule is CCCCCCCCC=CCCCCCc1cc(O)cc(O)c1. The number of allylic oxidation sites excluding steroid dienone is 2. The molecule has 0 fully saturated rings. The van der Waals surface area contributed by atoms with Gasteiger partial charge in [-0.15, -0.1) is 0 Å². The molecule has 0 atom stereocenters. The lowest BCUT2D eigenvalue weighted by molar-refractivity contribution is 0.449. The predicted octanol–water partition coefficient (Wildman–Crippen LogP) is 6.51. The van der Waals surface area contributed by atoms with Crippen molar-refractivity contribution in [3.8, 4) is 11.5 Å². The van der Waals surface area contributed by atoms with Crippen molar-refractivity contribution in [2.45, 2.75) is 84.0 Å². The number of aryl methyl sites for hydroxylation is 1. The first-order chi connectivity index (χ1) is 11.2. The van der Waals surface area contributed by atoms with Gasteiger partial charge in [0.1, 0.15) is 11.5 Å². The Hall–Kier alpha value is -1.44. The van der Waals surface area contributed by atoms with Crippen LogP contribution in [0, 0.1) is 0 Å². The Labute approximate surface area is 142 Å². The fraction of sp³-hybridized carbons (Fsp3) is 0.619. The van der Waals surface area contributed by atoms with Crippen LogP contribution in [0.5, 0.6) is 11.5 Å². The third kappa shape index (κ3) is 10.8. The maximum atomic E-state index is 9.43. The molecule has 0 aliphatic carbocycles. The molecule has 1 rings (SSSR count). The summed E-state index contributed by atoms with van der Waals surface area (Å²) < 4.78 is 0. The Kier molecular flexibility index (Phi) is 11.1. The summed E-state index contributed by atoms with van der Waals surface area (Å²) in [5.74, 6) is 0.301. The van der Waals surface area contributed by atoms with Gasteiger partial charge in [-0.05, 0) is 56.2 Å². The van der Waals surface area contributed by atoms with Gasteiger partial charge in [-0.2, -0.15) is 0 Å². The molecule has 0 saturated heterocycles. The predicted molar refractivity (Wildman–Crippen MR) is 99.1 cm³/mol. The van der Waals surface area contributed by atoms with Crippen LogP contribution in [0.25, 0.3) is 0 Å². The lowest BCUT2D eigenvalue weighted by atomic mass is 10.1. The second-order valence-corrected chi connectivity index (χ2v) is 6.48. The number of hydrogen-bond acceptors (Lipinski definition) is 2. The average molecular weight is 319 g/mol. The Morgan fingerprint density at radius 1 is 0.696 bits per heavy atom. The molecule has 0 unspecified atom stereocenters. The van der Waals surface area contributed by atoms with E-state index in [9.17, 15) is 10.2 Å². The zero-order valence-corrected chi connectivity index (χ0v) is 14.8. The lowest BCUT2D eigenvalue weighted by Gasteiger charge is -2.03. The molecule has 0 aliphatic rings. The molecule has 2 nitrogen and oxygen atoms in total. The van der Waals surface area contributed by atoms with E-state index in [-0.39, 0.29) is 11.5 Å². The van der Waals surface area contributed by atoms with E-state index in [4.69, 9.17) is 0 Å². The summed E-state index contributed by atoms with van der Waals surface area (Å²) in [6.45, 7) is 2.26. The van der Waals surface area contributed by atoms with E-state index in [1.807, 2.05) is 0 Å². The Balaban J connectivity index is 1.94. The highest BCUT2D eigenvalue weighted by Gasteiger charge is 1.99. The van der Waals surface area contributed by atoms with Gasteiger partial charge in [0.25, 0.3) is 0 Å². The summed E-state index contributed by atoms with van der Waals surface area (Å²) in [6.07, 6.45) is 19.7. The minimum Gasteiger partial charge on any atom is -0.508 e. The molecule has 2 N–H and O–H groups in total. The number of phenols is 2. The Bertz CT molecular complexity index is 417. The Morgan fingerprint density at radius 3 is 1.83 bits per heavy atom. The third-order valence-electron chi connectivity index (χ3n) is 4.19. The Morgan fingerprint density at radius 2 is 1.22 bits per heavy atom. The molecule has 0 bridgehead atoms. The quantitative estimate of drug-likeness (QED) is 0.321. The number of unbranched alkanes of at least 4 members (excludes halogenated alkanes) is 9. The van der Waals surface area contributed by atoms with Crippen molar-refractivity contribution in [1.29, 1.82) is 0 Å². The van der Waals surface area contributed by atoms with Gasteiger partial charge in [-0.3, -0.25) is 0 Å². The molecular formula is C21H34O2. The van der Waals surface area contributed by atoms with Crippen molar-refractivity contribution < 1.29 is 10.2 Å². The van der Waals surface area contributed by atoms with E-state index < -0.39 is 0 Å². The highest BCUT2D eigenvalue weighted by Crippen LogP contribution is 2.21. The summed E-state index contributed by atoms with van der Waals surface area (Å²) in [5, 5.41) is 18.9. The summed E-state index contributed by atoms with van der Waals surface area (Å²) in [6, 6.07) is 4.85. The zero-order chi connectivity index (χ0) is 16.8. The highest BCUT2D eigenvalue weighted by molar-refractivity contribution is 5.36. The monoisotopic (exact) mass is 318 g/mol. The number of benzene rings is 1. The van der Waals surface area contributed by atoms with Crippen LogP contribution < -0.4 is 0 Å². The molecule has 0 aromatic heterocycles. The molecule has 0 radical (unpaired) electrons. The highest BCUT2D eigenvalue weighted by atomic mass is 16.3. The molecule has 1 aromatic rings. The van der Waals surface area contributed by atoms with Crippen LogP contribution in [0.4, 0.5) is 0 Å². The molecular weight excluding hydrogens is 284 g/mol. The van der Waals surface area contributed by atoms with Crippen LogP contribution in [0.3, 0.4) is 0 Å². The summed E-state index contributed by atoms with van der Waals surface area (Å²) in [7, 11) is 0. The fourth-order valence-corrected chi connectivity index (χ4v) is 2.85. The molecule has 0 heterocycles. The second kappa shape index (κ2) is 13.0. The first-order valence-corrected chi connectivity index (χ1v) is 9.39. The van der Waals surface area contributed by atoms with Crippen LogP contribution in [-0.4, -0.2) is 10.2 Å². The molecule has 1 aromatic carbocycles. The van der Waals surface area contributed by atoms with Crippen molar-refractivity contribution in [2.75, 3.05) is 0 Å². The van der Waals surface area contributed by atoms with Gasteiger partial charge < -0.3 is 10.2 Å². The molecule has 0 spiro atoms. The number of hydrogen-bond donors (Lipinski definition) is 2. The maximum Gasteiger partial charge on any atom is 0.119 e. The van der Waals surface area contributed by atoms with Crippen molar-refractivity contribution >= 4 is 0 Å².